The second-order valence-electron chi connectivity index (χ2n) is 6.67. The molecule has 1 amide bonds. The highest BCUT2D eigenvalue weighted by Gasteiger charge is 2.03. The van der Waals surface area contributed by atoms with Crippen LogP contribution in [0.3, 0.4) is 0 Å². The molecule has 27 heavy (non-hydrogen) atoms. The fourth-order valence-corrected chi connectivity index (χ4v) is 2.41. The van der Waals surface area contributed by atoms with Crippen molar-refractivity contribution in [2.75, 3.05) is 13.1 Å². The summed E-state index contributed by atoms with van der Waals surface area (Å²) in [5, 5.41) is 12.7. The van der Waals surface area contributed by atoms with Crippen molar-refractivity contribution in [3.63, 3.8) is 0 Å². The molecule has 0 aromatic rings. The molecule has 154 valence electrons. The van der Waals surface area contributed by atoms with E-state index < -0.39 is 6.10 Å². The molecule has 4 heteroatoms. The first-order chi connectivity index (χ1) is 13.2. The molecular formula is C23H40N2O2. The maximum Gasteiger partial charge on any atom is 0.219 e. The van der Waals surface area contributed by atoms with Crippen LogP contribution >= 0.6 is 0 Å². The van der Waals surface area contributed by atoms with Crippen LogP contribution in [0, 0.1) is 0 Å². The van der Waals surface area contributed by atoms with E-state index in [1.165, 1.54) is 25.7 Å². The molecular weight excluding hydrogens is 336 g/mol. The summed E-state index contributed by atoms with van der Waals surface area (Å²) in [6.45, 7) is 3.44. The van der Waals surface area contributed by atoms with Gasteiger partial charge in [-0.15, -0.1) is 0 Å². The van der Waals surface area contributed by atoms with Gasteiger partial charge in [-0.2, -0.15) is 0 Å². The SMILES string of the molecule is CCCCC/C=C\C/C=C\C/C=C\C=C\C(O)CCCC(=O)NCCCN. The average molecular weight is 377 g/mol. The van der Waals surface area contributed by atoms with Crippen molar-refractivity contribution in [1.29, 1.82) is 0 Å². The number of hydrogen-bond donors (Lipinski definition) is 3. The lowest BCUT2D eigenvalue weighted by Gasteiger charge is -2.06. The third-order valence-corrected chi connectivity index (χ3v) is 4.04. The molecule has 0 aromatic heterocycles. The summed E-state index contributed by atoms with van der Waals surface area (Å²) in [6.07, 6.45) is 25.5. The van der Waals surface area contributed by atoms with Gasteiger partial charge in [0, 0.05) is 13.0 Å². The molecule has 0 aromatic carbocycles. The number of allylic oxidation sites excluding steroid dienone is 7. The molecule has 4 nitrogen and oxygen atoms in total. The Morgan fingerprint density at radius 2 is 1.74 bits per heavy atom. The Morgan fingerprint density at radius 3 is 2.48 bits per heavy atom. The van der Waals surface area contributed by atoms with Crippen LogP contribution < -0.4 is 11.1 Å². The molecule has 0 fully saturated rings. The van der Waals surface area contributed by atoms with Gasteiger partial charge >= 0.3 is 0 Å². The lowest BCUT2D eigenvalue weighted by atomic mass is 10.1. The Hall–Kier alpha value is -1.65. The summed E-state index contributed by atoms with van der Waals surface area (Å²) < 4.78 is 0. The van der Waals surface area contributed by atoms with Crippen molar-refractivity contribution in [3.8, 4) is 0 Å². The molecule has 0 saturated carbocycles. The van der Waals surface area contributed by atoms with Crippen molar-refractivity contribution in [3.05, 3.63) is 48.6 Å². The number of hydrogen-bond acceptors (Lipinski definition) is 3. The topological polar surface area (TPSA) is 75.3 Å². The first-order valence-corrected chi connectivity index (χ1v) is 10.5. The zero-order chi connectivity index (χ0) is 20.0. The maximum atomic E-state index is 11.5. The molecule has 0 bridgehead atoms. The van der Waals surface area contributed by atoms with E-state index in [9.17, 15) is 9.90 Å². The molecule has 1 unspecified atom stereocenters. The maximum absolute atomic E-state index is 11.5. The highest BCUT2D eigenvalue weighted by molar-refractivity contribution is 5.75. The van der Waals surface area contributed by atoms with E-state index in [1.54, 1.807) is 6.08 Å². The van der Waals surface area contributed by atoms with E-state index >= 15 is 0 Å². The largest absolute Gasteiger partial charge is 0.389 e. The standard InChI is InChI=1S/C23H40N2O2/c1-2-3-4-5-6-7-8-9-10-11-12-13-14-17-22(26)18-15-19-23(27)25-21-16-20-24/h6-7,9-10,12-14,17,22,26H,2-5,8,11,15-16,18-21,24H2,1H3,(H,25,27)/b7-6-,10-9-,13-12-,17-14+. The summed E-state index contributed by atoms with van der Waals surface area (Å²) in [7, 11) is 0. The van der Waals surface area contributed by atoms with Gasteiger partial charge < -0.3 is 16.2 Å². The van der Waals surface area contributed by atoms with Gasteiger partial charge in [0.15, 0.2) is 0 Å². The highest BCUT2D eigenvalue weighted by Crippen LogP contribution is 2.03. The Bertz CT molecular complexity index is 453. The van der Waals surface area contributed by atoms with E-state index in [4.69, 9.17) is 5.73 Å². The van der Waals surface area contributed by atoms with Crippen LogP contribution in [0.1, 0.15) is 71.1 Å². The molecule has 1 atom stereocenters. The van der Waals surface area contributed by atoms with Crippen molar-refractivity contribution in [2.24, 2.45) is 5.73 Å². The van der Waals surface area contributed by atoms with Gasteiger partial charge in [0.25, 0.3) is 0 Å². The van der Waals surface area contributed by atoms with Gasteiger partial charge in [-0.1, -0.05) is 68.4 Å². The van der Waals surface area contributed by atoms with Gasteiger partial charge in [0.2, 0.25) is 5.91 Å². The number of carbonyl (C=O) groups is 1. The predicted octanol–water partition coefficient (Wildman–Crippen LogP) is 4.57. The number of rotatable bonds is 17. The van der Waals surface area contributed by atoms with Crippen molar-refractivity contribution in [2.45, 2.75) is 77.2 Å². The highest BCUT2D eigenvalue weighted by atomic mass is 16.3. The number of nitrogens with two attached hydrogens (primary N) is 1. The number of amides is 1. The molecule has 0 aliphatic rings. The van der Waals surface area contributed by atoms with Gasteiger partial charge in [-0.25, -0.2) is 0 Å². The monoisotopic (exact) mass is 376 g/mol. The molecule has 4 N–H and O–H groups in total. The molecule has 0 aliphatic carbocycles. The van der Waals surface area contributed by atoms with Gasteiger partial charge in [-0.3, -0.25) is 4.79 Å². The van der Waals surface area contributed by atoms with Crippen LogP contribution in [0.5, 0.6) is 0 Å². The number of aliphatic hydroxyl groups excluding tert-OH is 1. The summed E-state index contributed by atoms with van der Waals surface area (Å²) in [5.74, 6) is 0.0297. The van der Waals surface area contributed by atoms with E-state index in [0.717, 1.165) is 19.3 Å². The van der Waals surface area contributed by atoms with Crippen molar-refractivity contribution < 1.29 is 9.90 Å². The Balaban J connectivity index is 3.64. The van der Waals surface area contributed by atoms with E-state index in [-0.39, 0.29) is 5.91 Å². The summed E-state index contributed by atoms with van der Waals surface area (Å²) in [5.41, 5.74) is 5.37. The summed E-state index contributed by atoms with van der Waals surface area (Å²) >= 11 is 0. The first kappa shape index (κ1) is 25.4. The summed E-state index contributed by atoms with van der Waals surface area (Å²) in [6, 6.07) is 0. The minimum Gasteiger partial charge on any atom is -0.389 e. The van der Waals surface area contributed by atoms with Crippen LogP contribution in [0.2, 0.25) is 0 Å². The quantitative estimate of drug-likeness (QED) is 0.198. The van der Waals surface area contributed by atoms with Crippen molar-refractivity contribution in [1.82, 2.24) is 5.32 Å². The van der Waals surface area contributed by atoms with E-state index in [2.05, 4.69) is 42.6 Å². The summed E-state index contributed by atoms with van der Waals surface area (Å²) in [4.78, 5) is 11.5. The van der Waals surface area contributed by atoms with Gasteiger partial charge in [0.05, 0.1) is 6.10 Å². The first-order valence-electron chi connectivity index (χ1n) is 10.5. The lowest BCUT2D eigenvalue weighted by Crippen LogP contribution is -2.25. The number of nitrogens with one attached hydrogen (secondary N) is 1. The Kier molecular flexibility index (Phi) is 19.4. The third-order valence-electron chi connectivity index (χ3n) is 4.04. The van der Waals surface area contributed by atoms with Gasteiger partial charge in [-0.05, 0) is 51.5 Å². The lowest BCUT2D eigenvalue weighted by molar-refractivity contribution is -0.121. The van der Waals surface area contributed by atoms with Crippen LogP contribution in [0.15, 0.2) is 48.6 Å². The minimum atomic E-state index is -0.500. The van der Waals surface area contributed by atoms with Gasteiger partial charge in [0.1, 0.15) is 0 Å². The zero-order valence-electron chi connectivity index (χ0n) is 17.1. The molecule has 0 saturated heterocycles. The molecule has 0 rings (SSSR count). The molecule has 0 spiro atoms. The number of carbonyl (C=O) groups excluding carboxylic acids is 1. The van der Waals surface area contributed by atoms with Crippen molar-refractivity contribution >= 4 is 5.91 Å². The smallest absolute Gasteiger partial charge is 0.219 e. The van der Waals surface area contributed by atoms with E-state index in [0.29, 0.717) is 32.4 Å². The zero-order valence-corrected chi connectivity index (χ0v) is 17.1. The Morgan fingerprint density at radius 1 is 1.00 bits per heavy atom. The van der Waals surface area contributed by atoms with E-state index in [1.807, 2.05) is 12.2 Å². The number of unbranched alkanes of at least 4 members (excludes halogenated alkanes) is 3. The van der Waals surface area contributed by atoms with Crippen LogP contribution in [0.25, 0.3) is 0 Å². The third kappa shape index (κ3) is 20.5. The molecule has 0 aliphatic heterocycles. The normalized spacial score (nSPS) is 13.4. The second kappa shape index (κ2) is 20.7. The fraction of sp³-hybridized carbons (Fsp3) is 0.609. The molecule has 0 heterocycles. The fourth-order valence-electron chi connectivity index (χ4n) is 2.41. The minimum absolute atomic E-state index is 0.0297. The average Bonchev–Trinajstić information content (AvgIpc) is 2.65. The molecule has 0 radical (unpaired) electrons. The second-order valence-corrected chi connectivity index (χ2v) is 6.67. The van der Waals surface area contributed by atoms with Crippen LogP contribution in [0.4, 0.5) is 0 Å². The number of aliphatic hydroxyl groups is 1. The van der Waals surface area contributed by atoms with Crippen LogP contribution in [-0.2, 0) is 4.79 Å². The van der Waals surface area contributed by atoms with Crippen LogP contribution in [-0.4, -0.2) is 30.2 Å². The Labute approximate surface area is 166 Å². The predicted molar refractivity (Wildman–Crippen MR) is 116 cm³/mol.